The van der Waals surface area contributed by atoms with Crippen molar-refractivity contribution in [3.8, 4) is 5.75 Å². The van der Waals surface area contributed by atoms with Crippen LogP contribution >= 0.6 is 12.2 Å². The van der Waals surface area contributed by atoms with E-state index in [1.807, 2.05) is 18.2 Å². The molecule has 114 valence electrons. The molecule has 1 N–H and O–H groups in total. The molecule has 0 amide bonds. The highest BCUT2D eigenvalue weighted by Gasteiger charge is 2.09. The van der Waals surface area contributed by atoms with Gasteiger partial charge in [0.05, 0.1) is 6.20 Å². The topological polar surface area (TPSA) is 56.3 Å². The van der Waals surface area contributed by atoms with Crippen molar-refractivity contribution in [2.45, 2.75) is 6.61 Å². The number of rotatable bonds is 6. The van der Waals surface area contributed by atoms with Crippen molar-refractivity contribution < 1.29 is 13.9 Å². The van der Waals surface area contributed by atoms with E-state index in [1.54, 1.807) is 12.1 Å². The van der Waals surface area contributed by atoms with Gasteiger partial charge in [-0.1, -0.05) is 30.9 Å². The van der Waals surface area contributed by atoms with Crippen LogP contribution in [-0.2, 0) is 11.3 Å². The predicted molar refractivity (Wildman–Crippen MR) is 85.1 cm³/mol. The summed E-state index contributed by atoms with van der Waals surface area (Å²) in [5.74, 6) is 0.304. The van der Waals surface area contributed by atoms with Crippen molar-refractivity contribution in [2.24, 2.45) is 0 Å². The van der Waals surface area contributed by atoms with Crippen molar-refractivity contribution >= 4 is 23.2 Å². The van der Waals surface area contributed by atoms with E-state index in [2.05, 4.69) is 21.9 Å². The van der Waals surface area contributed by atoms with Gasteiger partial charge in [-0.25, -0.2) is 14.4 Å². The van der Waals surface area contributed by atoms with Crippen LogP contribution < -0.4 is 10.1 Å². The van der Waals surface area contributed by atoms with Gasteiger partial charge in [-0.3, -0.25) is 5.32 Å². The number of nitrogens with zero attached hydrogens (tertiary/aromatic N) is 2. The lowest BCUT2D eigenvalue weighted by Crippen LogP contribution is -2.16. The monoisotopic (exact) mass is 319 g/mol. The molecule has 5 nitrogen and oxygen atoms in total. The smallest absolute Gasteiger partial charge is 0.262 e. The van der Waals surface area contributed by atoms with E-state index in [9.17, 15) is 4.39 Å². The number of hydrogen-bond acceptors (Lipinski definition) is 5. The van der Waals surface area contributed by atoms with Crippen LogP contribution in [0.1, 0.15) is 5.82 Å². The molecule has 1 heterocycles. The van der Waals surface area contributed by atoms with E-state index in [-0.39, 0.29) is 24.2 Å². The molecule has 1 aromatic heterocycles. The molecule has 0 saturated heterocycles. The van der Waals surface area contributed by atoms with Gasteiger partial charge in [-0.15, -0.1) is 0 Å². The molecular weight excluding hydrogens is 305 g/mol. The second-order valence-electron chi connectivity index (χ2n) is 4.10. The normalized spacial score (nSPS) is 9.86. The lowest BCUT2D eigenvalue weighted by molar-refractivity contribution is 0.295. The Bertz CT molecular complexity index is 652. The largest absolute Gasteiger partial charge is 0.486 e. The molecule has 7 heteroatoms. The first-order valence-corrected chi connectivity index (χ1v) is 6.84. The van der Waals surface area contributed by atoms with Crippen LogP contribution in [-0.4, -0.2) is 21.7 Å². The van der Waals surface area contributed by atoms with E-state index < -0.39 is 5.82 Å². The zero-order chi connectivity index (χ0) is 15.8. The van der Waals surface area contributed by atoms with E-state index >= 15 is 0 Å². The van der Waals surface area contributed by atoms with Crippen LogP contribution in [0.5, 0.6) is 5.75 Å². The maximum Gasteiger partial charge on any atom is 0.262 e. The van der Waals surface area contributed by atoms with Crippen molar-refractivity contribution in [3.05, 3.63) is 60.8 Å². The summed E-state index contributed by atoms with van der Waals surface area (Å²) >= 11 is 4.91. The minimum absolute atomic E-state index is 0.00688. The zero-order valence-electron chi connectivity index (χ0n) is 11.7. The minimum Gasteiger partial charge on any atom is -0.486 e. The van der Waals surface area contributed by atoms with Gasteiger partial charge < -0.3 is 9.47 Å². The number of ether oxygens (including phenoxy) is 2. The Morgan fingerprint density at radius 3 is 2.86 bits per heavy atom. The van der Waals surface area contributed by atoms with Gasteiger partial charge in [0.15, 0.2) is 17.5 Å². The zero-order valence-corrected chi connectivity index (χ0v) is 12.5. The van der Waals surface area contributed by atoms with E-state index in [1.165, 1.54) is 6.08 Å². The molecule has 0 bridgehead atoms. The van der Waals surface area contributed by atoms with Crippen LogP contribution in [0.2, 0.25) is 0 Å². The maximum absolute atomic E-state index is 13.7. The summed E-state index contributed by atoms with van der Waals surface area (Å²) in [6, 6.07) is 9.20. The Kier molecular flexibility index (Phi) is 5.79. The fourth-order valence-electron chi connectivity index (χ4n) is 1.49. The number of anilines is 1. The molecule has 22 heavy (non-hydrogen) atoms. The highest BCUT2D eigenvalue weighted by molar-refractivity contribution is 7.80. The average Bonchev–Trinajstić information content (AvgIpc) is 2.54. The van der Waals surface area contributed by atoms with Gasteiger partial charge in [-0.2, -0.15) is 0 Å². The molecule has 0 aliphatic heterocycles. The SMILES string of the molecule is C=CCOC(=S)Nc1nc(COc2ccccc2)ncc1F. The predicted octanol–water partition coefficient (Wildman–Crippen LogP) is 3.09. The van der Waals surface area contributed by atoms with Crippen molar-refractivity contribution in [1.82, 2.24) is 9.97 Å². The Hall–Kier alpha value is -2.54. The Labute approximate surface area is 132 Å². The third-order valence-electron chi connectivity index (χ3n) is 2.46. The summed E-state index contributed by atoms with van der Waals surface area (Å²) in [7, 11) is 0. The highest BCUT2D eigenvalue weighted by Crippen LogP contribution is 2.13. The third-order valence-corrected chi connectivity index (χ3v) is 2.68. The van der Waals surface area contributed by atoms with Gasteiger partial charge in [0.25, 0.3) is 5.17 Å². The van der Waals surface area contributed by atoms with Gasteiger partial charge in [0, 0.05) is 0 Å². The Morgan fingerprint density at radius 1 is 1.36 bits per heavy atom. The van der Waals surface area contributed by atoms with Crippen LogP contribution in [0, 0.1) is 5.82 Å². The molecule has 2 aromatic rings. The van der Waals surface area contributed by atoms with Crippen LogP contribution in [0.3, 0.4) is 0 Å². The highest BCUT2D eigenvalue weighted by atomic mass is 32.1. The quantitative estimate of drug-likeness (QED) is 0.652. The molecular formula is C15H14FN3O2S. The number of aromatic nitrogens is 2. The summed E-state index contributed by atoms with van der Waals surface area (Å²) in [5, 5.41) is 2.57. The Balaban J connectivity index is 2.00. The molecule has 0 aliphatic rings. The first-order valence-electron chi connectivity index (χ1n) is 6.43. The number of nitrogens with one attached hydrogen (secondary N) is 1. The third kappa shape index (κ3) is 4.78. The van der Waals surface area contributed by atoms with Gasteiger partial charge >= 0.3 is 0 Å². The molecule has 0 fully saturated rings. The lowest BCUT2D eigenvalue weighted by atomic mass is 10.3. The Morgan fingerprint density at radius 2 is 2.14 bits per heavy atom. The molecule has 0 saturated carbocycles. The number of benzene rings is 1. The molecule has 1 aromatic carbocycles. The summed E-state index contributed by atoms with van der Waals surface area (Å²) in [6.45, 7) is 3.83. The maximum atomic E-state index is 13.7. The van der Waals surface area contributed by atoms with Crippen molar-refractivity contribution in [3.63, 3.8) is 0 Å². The number of thiocarbonyl (C=S) groups is 1. The molecule has 0 radical (unpaired) electrons. The second kappa shape index (κ2) is 8.04. The summed E-state index contributed by atoms with van der Waals surface area (Å²) < 4.78 is 24.2. The average molecular weight is 319 g/mol. The summed E-state index contributed by atoms with van der Waals surface area (Å²) in [4.78, 5) is 7.89. The van der Waals surface area contributed by atoms with Gasteiger partial charge in [0.2, 0.25) is 0 Å². The van der Waals surface area contributed by atoms with Gasteiger partial charge in [-0.05, 0) is 24.4 Å². The van der Waals surface area contributed by atoms with Crippen molar-refractivity contribution in [1.29, 1.82) is 0 Å². The minimum atomic E-state index is -0.631. The van der Waals surface area contributed by atoms with E-state index in [0.29, 0.717) is 11.6 Å². The molecule has 0 unspecified atom stereocenters. The first-order chi connectivity index (χ1) is 10.7. The molecule has 0 spiro atoms. The number of hydrogen-bond donors (Lipinski definition) is 1. The fraction of sp³-hybridized carbons (Fsp3) is 0.133. The lowest BCUT2D eigenvalue weighted by Gasteiger charge is -2.10. The first kappa shape index (κ1) is 15.8. The number of halogens is 1. The second-order valence-corrected chi connectivity index (χ2v) is 4.47. The summed E-state index contributed by atoms with van der Waals surface area (Å²) in [6.07, 6.45) is 2.58. The van der Waals surface area contributed by atoms with Crippen LogP contribution in [0.4, 0.5) is 10.2 Å². The van der Waals surface area contributed by atoms with E-state index in [0.717, 1.165) is 6.20 Å². The number of para-hydroxylation sites is 1. The summed E-state index contributed by atoms with van der Waals surface area (Å²) in [5.41, 5.74) is 0. The van der Waals surface area contributed by atoms with E-state index in [4.69, 9.17) is 21.7 Å². The van der Waals surface area contributed by atoms with Crippen molar-refractivity contribution in [2.75, 3.05) is 11.9 Å². The standard InChI is InChI=1S/C15H14FN3O2S/c1-2-8-20-15(22)19-14-12(16)9-17-13(18-14)10-21-11-6-4-3-5-7-11/h2-7,9H,1,8,10H2,(H,17,18,19,22). The van der Waals surface area contributed by atoms with Crippen LogP contribution in [0.25, 0.3) is 0 Å². The van der Waals surface area contributed by atoms with Gasteiger partial charge in [0.1, 0.15) is 19.0 Å². The molecule has 0 atom stereocenters. The molecule has 2 rings (SSSR count). The van der Waals surface area contributed by atoms with Crippen LogP contribution in [0.15, 0.2) is 49.2 Å². The molecule has 0 aliphatic carbocycles. The fourth-order valence-corrected chi connectivity index (χ4v) is 1.66.